The molecule has 0 spiro atoms. The van der Waals surface area contributed by atoms with Gasteiger partial charge in [0.25, 0.3) is 0 Å². The molecule has 90 valence electrons. The van der Waals surface area contributed by atoms with Crippen LogP contribution in [0, 0.1) is 6.92 Å². The maximum atomic E-state index is 11.9. The summed E-state index contributed by atoms with van der Waals surface area (Å²) in [6.45, 7) is 1.57. The Labute approximate surface area is 104 Å². The van der Waals surface area contributed by atoms with Crippen molar-refractivity contribution >= 4 is 21.9 Å². The first-order chi connectivity index (χ1) is 7.99. The number of aromatic nitrogens is 2. The quantitative estimate of drug-likeness (QED) is 0.858. The molecule has 17 heavy (non-hydrogen) atoms. The molecule has 7 heteroatoms. The lowest BCUT2D eigenvalue weighted by atomic mass is 10.3. The van der Waals surface area contributed by atoms with E-state index in [0.29, 0.717) is 10.8 Å². The topological polar surface area (TPSA) is 61.2 Å². The first kappa shape index (κ1) is 11.9. The predicted octanol–water partition coefficient (Wildman–Crippen LogP) is 2.02. The first-order valence-corrected chi connectivity index (χ1v) is 6.44. The van der Waals surface area contributed by atoms with Gasteiger partial charge < -0.3 is 4.18 Å². The number of benzene rings is 1. The molecule has 1 heterocycles. The van der Waals surface area contributed by atoms with Gasteiger partial charge in [-0.1, -0.05) is 17.7 Å². The second-order valence-electron chi connectivity index (χ2n) is 3.27. The highest BCUT2D eigenvalue weighted by Crippen LogP contribution is 2.19. The SMILES string of the molecule is Cc1nccn1S(=O)(=O)Oc1cccc(Cl)c1. The van der Waals surface area contributed by atoms with Crippen molar-refractivity contribution in [3.63, 3.8) is 0 Å². The van der Waals surface area contributed by atoms with Crippen LogP contribution in [0.4, 0.5) is 0 Å². The summed E-state index contributed by atoms with van der Waals surface area (Å²) in [5.41, 5.74) is 0. The van der Waals surface area contributed by atoms with E-state index in [4.69, 9.17) is 15.8 Å². The third kappa shape index (κ3) is 2.59. The molecule has 0 saturated carbocycles. The summed E-state index contributed by atoms with van der Waals surface area (Å²) in [6, 6.07) is 6.17. The van der Waals surface area contributed by atoms with Crippen molar-refractivity contribution in [2.45, 2.75) is 6.92 Å². The number of halogens is 1. The fraction of sp³-hybridized carbons (Fsp3) is 0.100. The van der Waals surface area contributed by atoms with Crippen LogP contribution in [0.25, 0.3) is 0 Å². The fourth-order valence-corrected chi connectivity index (χ4v) is 2.47. The van der Waals surface area contributed by atoms with Crippen LogP contribution in [-0.4, -0.2) is 17.4 Å². The van der Waals surface area contributed by atoms with Gasteiger partial charge in [-0.2, -0.15) is 12.4 Å². The maximum Gasteiger partial charge on any atom is 0.414 e. The van der Waals surface area contributed by atoms with E-state index in [0.717, 1.165) is 3.97 Å². The van der Waals surface area contributed by atoms with Crippen LogP contribution in [-0.2, 0) is 10.3 Å². The van der Waals surface area contributed by atoms with E-state index in [-0.39, 0.29) is 5.75 Å². The lowest BCUT2D eigenvalue weighted by Crippen LogP contribution is -2.19. The number of imidazole rings is 1. The molecule has 1 aromatic carbocycles. The molecule has 0 atom stereocenters. The normalized spacial score (nSPS) is 11.4. The zero-order chi connectivity index (χ0) is 12.5. The molecule has 0 N–H and O–H groups in total. The summed E-state index contributed by atoms with van der Waals surface area (Å²) in [6.07, 6.45) is 2.70. The monoisotopic (exact) mass is 272 g/mol. The van der Waals surface area contributed by atoms with E-state index in [1.807, 2.05) is 0 Å². The third-order valence-corrected chi connectivity index (χ3v) is 3.53. The molecule has 2 aromatic rings. The van der Waals surface area contributed by atoms with Crippen LogP contribution in [0.5, 0.6) is 5.75 Å². The van der Waals surface area contributed by atoms with Gasteiger partial charge in [0.05, 0.1) is 0 Å². The number of nitrogens with zero attached hydrogens (tertiary/aromatic N) is 2. The maximum absolute atomic E-state index is 11.9. The van der Waals surface area contributed by atoms with E-state index in [1.165, 1.54) is 24.5 Å². The van der Waals surface area contributed by atoms with Crippen molar-refractivity contribution in [3.05, 3.63) is 47.5 Å². The molecule has 0 saturated heterocycles. The summed E-state index contributed by atoms with van der Waals surface area (Å²) in [5, 5.41) is 0.403. The predicted molar refractivity (Wildman–Crippen MR) is 63.4 cm³/mol. The third-order valence-electron chi connectivity index (χ3n) is 2.02. The highest BCUT2D eigenvalue weighted by Gasteiger charge is 2.17. The molecule has 0 fully saturated rings. The van der Waals surface area contributed by atoms with Gasteiger partial charge in [-0.3, -0.25) is 0 Å². The van der Waals surface area contributed by atoms with Gasteiger partial charge in [0.2, 0.25) is 0 Å². The average Bonchev–Trinajstić information content (AvgIpc) is 2.64. The largest absolute Gasteiger partial charge is 0.414 e. The van der Waals surface area contributed by atoms with E-state index < -0.39 is 10.3 Å². The zero-order valence-corrected chi connectivity index (χ0v) is 10.4. The molecule has 5 nitrogen and oxygen atoms in total. The van der Waals surface area contributed by atoms with Gasteiger partial charge in [0.1, 0.15) is 11.6 Å². The molecule has 0 aliphatic heterocycles. The lowest BCUT2D eigenvalue weighted by molar-refractivity contribution is 0.474. The van der Waals surface area contributed by atoms with Crippen LogP contribution < -0.4 is 4.18 Å². The summed E-state index contributed by atoms with van der Waals surface area (Å²) in [5.74, 6) is 0.484. The number of rotatable bonds is 3. The Morgan fingerprint density at radius 3 is 2.76 bits per heavy atom. The van der Waals surface area contributed by atoms with E-state index >= 15 is 0 Å². The standard InChI is InChI=1S/C10H9ClN2O3S/c1-8-12-5-6-13(8)17(14,15)16-10-4-2-3-9(11)7-10/h2-7H,1H3. The lowest BCUT2D eigenvalue weighted by Gasteiger charge is -2.08. The van der Waals surface area contributed by atoms with E-state index in [9.17, 15) is 8.42 Å². The Morgan fingerprint density at radius 1 is 1.41 bits per heavy atom. The smallest absolute Gasteiger partial charge is 0.366 e. The van der Waals surface area contributed by atoms with E-state index in [1.54, 1.807) is 19.1 Å². The van der Waals surface area contributed by atoms with Crippen molar-refractivity contribution < 1.29 is 12.6 Å². The van der Waals surface area contributed by atoms with Crippen LogP contribution >= 0.6 is 11.6 Å². The van der Waals surface area contributed by atoms with E-state index in [2.05, 4.69) is 4.98 Å². The Balaban J connectivity index is 2.33. The molecule has 1 aromatic heterocycles. The number of hydrogen-bond acceptors (Lipinski definition) is 4. The zero-order valence-electron chi connectivity index (χ0n) is 8.87. The molecule has 0 aliphatic rings. The van der Waals surface area contributed by atoms with Crippen LogP contribution in [0.15, 0.2) is 36.7 Å². The molecule has 0 radical (unpaired) electrons. The summed E-state index contributed by atoms with van der Waals surface area (Å²) < 4.78 is 29.6. The molecular formula is C10H9ClN2O3S. The van der Waals surface area contributed by atoms with Crippen LogP contribution in [0.2, 0.25) is 5.02 Å². The summed E-state index contributed by atoms with van der Waals surface area (Å²) >= 11 is 5.74. The van der Waals surface area contributed by atoms with Gasteiger partial charge in [-0.25, -0.2) is 4.98 Å². The second-order valence-corrected chi connectivity index (χ2v) is 5.12. The molecule has 0 unspecified atom stereocenters. The van der Waals surface area contributed by atoms with Crippen molar-refractivity contribution in [3.8, 4) is 5.75 Å². The number of hydrogen-bond donors (Lipinski definition) is 0. The Morgan fingerprint density at radius 2 is 2.18 bits per heavy atom. The number of aryl methyl sites for hydroxylation is 1. The van der Waals surface area contributed by atoms with Gasteiger partial charge in [-0.05, 0) is 19.1 Å². The molecule has 2 rings (SSSR count). The highest BCUT2D eigenvalue weighted by atomic mass is 35.5. The van der Waals surface area contributed by atoms with Crippen molar-refractivity contribution in [2.24, 2.45) is 0 Å². The minimum atomic E-state index is -3.92. The average molecular weight is 273 g/mol. The molecule has 0 bridgehead atoms. The Kier molecular flexibility index (Phi) is 3.08. The first-order valence-electron chi connectivity index (χ1n) is 4.69. The second kappa shape index (κ2) is 4.38. The highest BCUT2D eigenvalue weighted by molar-refractivity contribution is 7.85. The molecule has 0 amide bonds. The van der Waals surface area contributed by atoms with Crippen LogP contribution in [0.3, 0.4) is 0 Å². The Hall–Kier alpha value is -1.53. The van der Waals surface area contributed by atoms with Crippen molar-refractivity contribution in [1.29, 1.82) is 0 Å². The Bertz CT molecular complexity index is 637. The minimum Gasteiger partial charge on any atom is -0.366 e. The van der Waals surface area contributed by atoms with Gasteiger partial charge >= 0.3 is 10.3 Å². The van der Waals surface area contributed by atoms with Gasteiger partial charge in [0, 0.05) is 23.5 Å². The summed E-state index contributed by atoms with van der Waals surface area (Å²) in [4.78, 5) is 3.82. The fourth-order valence-electron chi connectivity index (χ4n) is 1.28. The van der Waals surface area contributed by atoms with Crippen molar-refractivity contribution in [1.82, 2.24) is 8.96 Å². The minimum absolute atomic E-state index is 0.158. The van der Waals surface area contributed by atoms with Crippen LogP contribution in [0.1, 0.15) is 5.82 Å². The van der Waals surface area contributed by atoms with Gasteiger partial charge in [-0.15, -0.1) is 0 Å². The molecular weight excluding hydrogens is 264 g/mol. The molecule has 0 aliphatic carbocycles. The van der Waals surface area contributed by atoms with Gasteiger partial charge in [0.15, 0.2) is 0 Å². The van der Waals surface area contributed by atoms with Crippen molar-refractivity contribution in [2.75, 3.05) is 0 Å². The summed E-state index contributed by atoms with van der Waals surface area (Å²) in [7, 11) is -3.92.